The molecule has 0 rings (SSSR count). The van der Waals surface area contributed by atoms with Gasteiger partial charge in [-0.3, -0.25) is 0 Å². The van der Waals surface area contributed by atoms with E-state index in [0.29, 0.717) is 5.57 Å². The molecule has 0 saturated carbocycles. The molecule has 1 N–H and O–H groups in total. The van der Waals surface area contributed by atoms with Gasteiger partial charge in [0.2, 0.25) is 0 Å². The monoisotopic (exact) mass is 170 g/mol. The van der Waals surface area contributed by atoms with Crippen LogP contribution in [0.15, 0.2) is 24.8 Å². The van der Waals surface area contributed by atoms with Crippen LogP contribution in [0.2, 0.25) is 0 Å². The normalized spacial score (nSPS) is 14.6. The van der Waals surface area contributed by atoms with Crippen molar-refractivity contribution in [1.29, 1.82) is 0 Å². The standard InChI is InChI=1S/C9H14O3/c1-5-9(4,11)6-12-8(10)7(2)3/h5,11H,1-2,6H2,3-4H3/t9-/m1/s1. The Labute approximate surface area is 72.3 Å². The second-order valence-corrected chi connectivity index (χ2v) is 2.92. The maximum atomic E-state index is 10.8. The van der Waals surface area contributed by atoms with E-state index in [1.165, 1.54) is 13.0 Å². The van der Waals surface area contributed by atoms with Gasteiger partial charge in [0.05, 0.1) is 0 Å². The highest BCUT2D eigenvalue weighted by atomic mass is 16.5. The van der Waals surface area contributed by atoms with Crippen molar-refractivity contribution in [3.63, 3.8) is 0 Å². The molecule has 0 aromatic heterocycles. The average molecular weight is 170 g/mol. The molecule has 0 aliphatic rings. The molecule has 1 atom stereocenters. The Kier molecular flexibility index (Phi) is 3.70. The Morgan fingerprint density at radius 2 is 2.25 bits per heavy atom. The first kappa shape index (κ1) is 10.9. The van der Waals surface area contributed by atoms with Crippen molar-refractivity contribution < 1.29 is 14.6 Å². The van der Waals surface area contributed by atoms with Crippen LogP contribution in [0.1, 0.15) is 13.8 Å². The number of hydrogen-bond acceptors (Lipinski definition) is 3. The van der Waals surface area contributed by atoms with E-state index in [0.717, 1.165) is 0 Å². The van der Waals surface area contributed by atoms with Crippen LogP contribution in [-0.4, -0.2) is 23.3 Å². The fourth-order valence-corrected chi connectivity index (χ4v) is 0.394. The molecule has 0 fully saturated rings. The molecule has 0 heterocycles. The van der Waals surface area contributed by atoms with E-state index >= 15 is 0 Å². The van der Waals surface area contributed by atoms with Gasteiger partial charge in [0, 0.05) is 5.57 Å². The second kappa shape index (κ2) is 4.07. The predicted molar refractivity (Wildman–Crippen MR) is 46.6 cm³/mol. The van der Waals surface area contributed by atoms with E-state index in [-0.39, 0.29) is 6.61 Å². The molecule has 0 saturated heterocycles. The molecular formula is C9H14O3. The summed E-state index contributed by atoms with van der Waals surface area (Å²) in [5.41, 5.74) is -0.847. The van der Waals surface area contributed by atoms with Gasteiger partial charge >= 0.3 is 5.97 Å². The summed E-state index contributed by atoms with van der Waals surface area (Å²) < 4.78 is 4.70. The van der Waals surface area contributed by atoms with Crippen LogP contribution in [-0.2, 0) is 9.53 Å². The minimum absolute atomic E-state index is 0.0950. The highest BCUT2D eigenvalue weighted by Crippen LogP contribution is 2.05. The molecule has 0 aliphatic carbocycles. The second-order valence-electron chi connectivity index (χ2n) is 2.92. The van der Waals surface area contributed by atoms with Crippen LogP contribution in [0.3, 0.4) is 0 Å². The molecule has 3 nitrogen and oxygen atoms in total. The van der Waals surface area contributed by atoms with Gasteiger partial charge in [0.1, 0.15) is 12.2 Å². The van der Waals surface area contributed by atoms with Gasteiger partial charge in [0.15, 0.2) is 0 Å². The molecule has 12 heavy (non-hydrogen) atoms. The number of ether oxygens (including phenoxy) is 1. The summed E-state index contributed by atoms with van der Waals surface area (Å²) in [6, 6.07) is 0. The molecule has 0 radical (unpaired) electrons. The summed E-state index contributed by atoms with van der Waals surface area (Å²) in [6.07, 6.45) is 1.32. The van der Waals surface area contributed by atoms with Crippen LogP contribution in [0.5, 0.6) is 0 Å². The zero-order chi connectivity index (χ0) is 9.78. The first-order valence-corrected chi connectivity index (χ1v) is 3.57. The molecule has 0 amide bonds. The van der Waals surface area contributed by atoms with Gasteiger partial charge < -0.3 is 9.84 Å². The SMILES string of the molecule is C=C[C@@](C)(O)COC(=O)C(=C)C. The first-order chi connectivity index (χ1) is 5.39. The summed E-state index contributed by atoms with van der Waals surface area (Å²) in [7, 11) is 0. The van der Waals surface area contributed by atoms with Crippen LogP contribution >= 0.6 is 0 Å². The molecule has 0 aliphatic heterocycles. The molecule has 3 heteroatoms. The topological polar surface area (TPSA) is 46.5 Å². The van der Waals surface area contributed by atoms with E-state index < -0.39 is 11.6 Å². The van der Waals surface area contributed by atoms with Gasteiger partial charge in [-0.2, -0.15) is 0 Å². The molecule has 68 valence electrons. The van der Waals surface area contributed by atoms with E-state index in [1.54, 1.807) is 6.92 Å². The Hall–Kier alpha value is -1.09. The highest BCUT2D eigenvalue weighted by Gasteiger charge is 2.17. The lowest BCUT2D eigenvalue weighted by molar-refractivity contribution is -0.143. The van der Waals surface area contributed by atoms with Crippen LogP contribution in [0, 0.1) is 0 Å². The Bertz CT molecular complexity index is 204. The van der Waals surface area contributed by atoms with Gasteiger partial charge in [-0.15, -0.1) is 6.58 Å². The van der Waals surface area contributed by atoms with Crippen molar-refractivity contribution in [1.82, 2.24) is 0 Å². The van der Waals surface area contributed by atoms with Gasteiger partial charge in [-0.1, -0.05) is 12.7 Å². The van der Waals surface area contributed by atoms with Crippen molar-refractivity contribution in [3.05, 3.63) is 24.8 Å². The fraction of sp³-hybridized carbons (Fsp3) is 0.444. The lowest BCUT2D eigenvalue weighted by Crippen LogP contribution is -2.29. The third-order valence-corrected chi connectivity index (χ3v) is 1.28. The third-order valence-electron chi connectivity index (χ3n) is 1.28. The maximum absolute atomic E-state index is 10.8. The molecule has 0 aromatic carbocycles. The lowest BCUT2D eigenvalue weighted by atomic mass is 10.1. The highest BCUT2D eigenvalue weighted by molar-refractivity contribution is 5.86. The largest absolute Gasteiger partial charge is 0.459 e. The number of rotatable bonds is 4. The van der Waals surface area contributed by atoms with Crippen molar-refractivity contribution in [2.45, 2.75) is 19.4 Å². The van der Waals surface area contributed by atoms with Crippen LogP contribution < -0.4 is 0 Å². The van der Waals surface area contributed by atoms with Crippen molar-refractivity contribution in [2.24, 2.45) is 0 Å². The summed E-state index contributed by atoms with van der Waals surface area (Å²) in [4.78, 5) is 10.8. The quantitative estimate of drug-likeness (QED) is 0.389. The number of hydrogen-bond donors (Lipinski definition) is 1. The van der Waals surface area contributed by atoms with Gasteiger partial charge in [0.25, 0.3) is 0 Å². The van der Waals surface area contributed by atoms with Crippen molar-refractivity contribution >= 4 is 5.97 Å². The first-order valence-electron chi connectivity index (χ1n) is 3.57. The predicted octanol–water partition coefficient (Wildman–Crippen LogP) is 1.04. The number of esters is 1. The van der Waals surface area contributed by atoms with Crippen molar-refractivity contribution in [3.8, 4) is 0 Å². The van der Waals surface area contributed by atoms with E-state index in [1.807, 2.05) is 0 Å². The summed E-state index contributed by atoms with van der Waals surface area (Å²) in [5, 5.41) is 9.33. The van der Waals surface area contributed by atoms with E-state index in [2.05, 4.69) is 13.2 Å². The van der Waals surface area contributed by atoms with Gasteiger partial charge in [-0.25, -0.2) is 4.79 Å². The Morgan fingerprint density at radius 3 is 2.58 bits per heavy atom. The zero-order valence-electron chi connectivity index (χ0n) is 7.46. The molecule has 0 bridgehead atoms. The zero-order valence-corrected chi connectivity index (χ0v) is 7.46. The summed E-state index contributed by atoms with van der Waals surface area (Å²) in [6.45, 7) is 9.75. The molecular weight excluding hydrogens is 156 g/mol. The molecule has 0 aromatic rings. The minimum Gasteiger partial charge on any atom is -0.459 e. The number of aliphatic hydroxyl groups is 1. The number of carbonyl (C=O) groups excluding carboxylic acids is 1. The van der Waals surface area contributed by atoms with E-state index in [4.69, 9.17) is 4.74 Å². The average Bonchev–Trinajstić information content (AvgIpc) is 2.00. The Morgan fingerprint density at radius 1 is 1.75 bits per heavy atom. The smallest absolute Gasteiger partial charge is 0.333 e. The molecule has 0 spiro atoms. The summed E-state index contributed by atoms with van der Waals surface area (Å²) >= 11 is 0. The number of carbonyl (C=O) groups is 1. The lowest BCUT2D eigenvalue weighted by Gasteiger charge is -2.17. The third kappa shape index (κ3) is 3.93. The van der Waals surface area contributed by atoms with Crippen LogP contribution in [0.25, 0.3) is 0 Å². The van der Waals surface area contributed by atoms with Crippen LogP contribution in [0.4, 0.5) is 0 Å². The maximum Gasteiger partial charge on any atom is 0.333 e. The fourth-order valence-electron chi connectivity index (χ4n) is 0.394. The van der Waals surface area contributed by atoms with E-state index in [9.17, 15) is 9.90 Å². The van der Waals surface area contributed by atoms with Gasteiger partial charge in [-0.05, 0) is 13.8 Å². The minimum atomic E-state index is -1.16. The van der Waals surface area contributed by atoms with Crippen molar-refractivity contribution in [2.75, 3.05) is 6.61 Å². The summed E-state index contributed by atoms with van der Waals surface area (Å²) in [5.74, 6) is -0.503. The Balaban J connectivity index is 3.91. The molecule has 0 unspecified atom stereocenters.